The molecule has 0 aliphatic carbocycles. The fraction of sp³-hybridized carbons (Fsp3) is 0.0625. The molecule has 0 aliphatic rings. The molecule has 0 radical (unpaired) electrons. The van der Waals surface area contributed by atoms with E-state index in [1.807, 2.05) is 31.2 Å². The van der Waals surface area contributed by atoms with E-state index in [9.17, 15) is 4.79 Å². The third-order valence-electron chi connectivity index (χ3n) is 3.37. The zero-order valence-electron chi connectivity index (χ0n) is 11.7. The van der Waals surface area contributed by atoms with Crippen molar-refractivity contribution in [3.05, 3.63) is 68.9 Å². The Morgan fingerprint density at radius 1 is 1.18 bits per heavy atom. The van der Waals surface area contributed by atoms with E-state index in [1.165, 1.54) is 11.3 Å². The molecule has 0 spiro atoms. The van der Waals surface area contributed by atoms with Gasteiger partial charge in [-0.15, -0.1) is 10.2 Å². The lowest BCUT2D eigenvalue weighted by atomic mass is 10.1. The van der Waals surface area contributed by atoms with Gasteiger partial charge in [-0.1, -0.05) is 41.2 Å². The van der Waals surface area contributed by atoms with Gasteiger partial charge in [-0.25, -0.2) is 4.40 Å². The molecule has 3 aromatic heterocycles. The monoisotopic (exact) mass is 309 g/mol. The molecule has 6 heteroatoms. The minimum Gasteiger partial charge on any atom is -0.465 e. The van der Waals surface area contributed by atoms with Crippen LogP contribution in [0.5, 0.6) is 0 Å². The summed E-state index contributed by atoms with van der Waals surface area (Å²) in [5.41, 5.74) is 1.90. The Labute approximate surface area is 129 Å². The Morgan fingerprint density at radius 2 is 2.00 bits per heavy atom. The molecule has 0 unspecified atom stereocenters. The van der Waals surface area contributed by atoms with Crippen LogP contribution < -0.4 is 10.1 Å². The second kappa shape index (κ2) is 4.92. The molecule has 0 bridgehead atoms. The summed E-state index contributed by atoms with van der Waals surface area (Å²) in [5.74, 6) is 1.21. The molecule has 0 aliphatic heterocycles. The van der Waals surface area contributed by atoms with E-state index in [0.717, 1.165) is 11.1 Å². The standard InChI is InChI=1S/C16H11N3O2S/c1-10-4-6-11(7-5-10)14-17-18-16-19(14)15(20)13(22-16)9-12-3-2-8-21-12/h2-9H,1H3. The average Bonchev–Trinajstić information content (AvgIpc) is 3.21. The zero-order valence-corrected chi connectivity index (χ0v) is 12.5. The Morgan fingerprint density at radius 3 is 2.73 bits per heavy atom. The van der Waals surface area contributed by atoms with Gasteiger partial charge in [-0.3, -0.25) is 4.79 Å². The van der Waals surface area contributed by atoms with Gasteiger partial charge < -0.3 is 4.42 Å². The first-order valence-corrected chi connectivity index (χ1v) is 7.54. The van der Waals surface area contributed by atoms with Gasteiger partial charge in [0.05, 0.1) is 6.26 Å². The lowest BCUT2D eigenvalue weighted by molar-refractivity contribution is 0.556. The van der Waals surface area contributed by atoms with Crippen LogP contribution in [-0.4, -0.2) is 14.6 Å². The van der Waals surface area contributed by atoms with E-state index >= 15 is 0 Å². The highest BCUT2D eigenvalue weighted by molar-refractivity contribution is 7.15. The fourth-order valence-electron chi connectivity index (χ4n) is 2.25. The number of thiazole rings is 1. The molecule has 0 amide bonds. The van der Waals surface area contributed by atoms with Gasteiger partial charge in [-0.05, 0) is 19.1 Å². The van der Waals surface area contributed by atoms with Crippen LogP contribution in [0.2, 0.25) is 0 Å². The minimum absolute atomic E-state index is 0.128. The van der Waals surface area contributed by atoms with Gasteiger partial charge in [-0.2, -0.15) is 0 Å². The third kappa shape index (κ3) is 2.05. The van der Waals surface area contributed by atoms with Crippen LogP contribution in [0.15, 0.2) is 51.9 Å². The van der Waals surface area contributed by atoms with E-state index < -0.39 is 0 Å². The van der Waals surface area contributed by atoms with Gasteiger partial charge in [0.2, 0.25) is 4.96 Å². The van der Waals surface area contributed by atoms with E-state index in [0.29, 0.717) is 21.1 Å². The molecule has 0 saturated carbocycles. The summed E-state index contributed by atoms with van der Waals surface area (Å²) in [4.78, 5) is 13.2. The van der Waals surface area contributed by atoms with Crippen molar-refractivity contribution in [2.45, 2.75) is 6.92 Å². The zero-order chi connectivity index (χ0) is 15.1. The summed E-state index contributed by atoms with van der Waals surface area (Å²) >= 11 is 1.30. The van der Waals surface area contributed by atoms with E-state index in [4.69, 9.17) is 4.42 Å². The summed E-state index contributed by atoms with van der Waals surface area (Å²) in [6.45, 7) is 2.02. The molecule has 4 rings (SSSR count). The van der Waals surface area contributed by atoms with Crippen LogP contribution in [0.1, 0.15) is 11.3 Å². The topological polar surface area (TPSA) is 60.4 Å². The van der Waals surface area contributed by atoms with Gasteiger partial charge in [0.1, 0.15) is 10.3 Å². The fourth-order valence-corrected chi connectivity index (χ4v) is 3.15. The highest BCUT2D eigenvalue weighted by Crippen LogP contribution is 2.18. The summed E-state index contributed by atoms with van der Waals surface area (Å²) in [5, 5.41) is 8.25. The van der Waals surface area contributed by atoms with E-state index in [-0.39, 0.29) is 5.56 Å². The number of furan rings is 1. The lowest BCUT2D eigenvalue weighted by Gasteiger charge is -1.97. The third-order valence-corrected chi connectivity index (χ3v) is 4.33. The van der Waals surface area contributed by atoms with Crippen LogP contribution >= 0.6 is 11.3 Å². The molecular formula is C16H11N3O2S. The molecule has 5 nitrogen and oxygen atoms in total. The van der Waals surface area contributed by atoms with Gasteiger partial charge >= 0.3 is 0 Å². The Balaban J connectivity index is 1.94. The smallest absolute Gasteiger partial charge is 0.276 e. The predicted octanol–water partition coefficient (Wildman–Crippen LogP) is 2.27. The normalized spacial score (nSPS) is 12.3. The SMILES string of the molecule is Cc1ccc(-c2nnc3sc(=Cc4ccco4)c(=O)n23)cc1. The maximum Gasteiger partial charge on any atom is 0.276 e. The van der Waals surface area contributed by atoms with Gasteiger partial charge in [0.15, 0.2) is 5.82 Å². The maximum atomic E-state index is 12.6. The number of nitrogens with zero attached hydrogens (tertiary/aromatic N) is 3. The average molecular weight is 309 g/mol. The van der Waals surface area contributed by atoms with Crippen molar-refractivity contribution in [1.29, 1.82) is 0 Å². The molecule has 4 aromatic rings. The van der Waals surface area contributed by atoms with Crippen LogP contribution in [0, 0.1) is 6.92 Å². The van der Waals surface area contributed by atoms with Crippen molar-refractivity contribution in [2.24, 2.45) is 0 Å². The lowest BCUT2D eigenvalue weighted by Crippen LogP contribution is -2.23. The molecule has 0 fully saturated rings. The number of aryl methyl sites for hydroxylation is 1. The molecule has 1 aromatic carbocycles. The number of hydrogen-bond acceptors (Lipinski definition) is 5. The number of hydrogen-bond donors (Lipinski definition) is 0. The largest absolute Gasteiger partial charge is 0.465 e. The Kier molecular flexibility index (Phi) is 2.90. The highest BCUT2D eigenvalue weighted by atomic mass is 32.1. The van der Waals surface area contributed by atoms with Crippen LogP contribution in [-0.2, 0) is 0 Å². The second-order valence-corrected chi connectivity index (χ2v) is 5.95. The first-order chi connectivity index (χ1) is 10.7. The molecule has 0 atom stereocenters. The van der Waals surface area contributed by atoms with E-state index in [2.05, 4.69) is 10.2 Å². The molecule has 108 valence electrons. The molecular weight excluding hydrogens is 298 g/mol. The number of aromatic nitrogens is 3. The molecule has 0 N–H and O–H groups in total. The van der Waals surface area contributed by atoms with E-state index in [1.54, 1.807) is 28.9 Å². The van der Waals surface area contributed by atoms with Crippen molar-refractivity contribution in [3.63, 3.8) is 0 Å². The van der Waals surface area contributed by atoms with Gasteiger partial charge in [0.25, 0.3) is 5.56 Å². The number of fused-ring (bicyclic) bond motifs is 1. The minimum atomic E-state index is -0.128. The highest BCUT2D eigenvalue weighted by Gasteiger charge is 2.14. The summed E-state index contributed by atoms with van der Waals surface area (Å²) in [6.07, 6.45) is 3.30. The molecule has 0 saturated heterocycles. The van der Waals surface area contributed by atoms with Gasteiger partial charge in [0, 0.05) is 11.6 Å². The number of rotatable bonds is 2. The van der Waals surface area contributed by atoms with Crippen molar-refractivity contribution < 1.29 is 4.42 Å². The summed E-state index contributed by atoms with van der Waals surface area (Å²) < 4.78 is 7.38. The first-order valence-electron chi connectivity index (χ1n) is 6.72. The molecule has 3 heterocycles. The quantitative estimate of drug-likeness (QED) is 0.570. The Hall–Kier alpha value is -2.73. The van der Waals surface area contributed by atoms with Crippen LogP contribution in [0.25, 0.3) is 22.4 Å². The van der Waals surface area contributed by atoms with Crippen molar-refractivity contribution in [3.8, 4) is 11.4 Å². The van der Waals surface area contributed by atoms with Crippen molar-refractivity contribution >= 4 is 22.4 Å². The van der Waals surface area contributed by atoms with Crippen LogP contribution in [0.4, 0.5) is 0 Å². The summed E-state index contributed by atoms with van der Waals surface area (Å²) in [6, 6.07) is 11.5. The first kappa shape index (κ1) is 13.0. The van der Waals surface area contributed by atoms with Crippen molar-refractivity contribution in [2.75, 3.05) is 0 Å². The summed E-state index contributed by atoms with van der Waals surface area (Å²) in [7, 11) is 0. The predicted molar refractivity (Wildman–Crippen MR) is 84.8 cm³/mol. The van der Waals surface area contributed by atoms with Crippen LogP contribution in [0.3, 0.4) is 0 Å². The number of benzene rings is 1. The second-order valence-electron chi connectivity index (χ2n) is 4.94. The maximum absolute atomic E-state index is 12.6. The molecule has 22 heavy (non-hydrogen) atoms. The van der Waals surface area contributed by atoms with Crippen molar-refractivity contribution in [1.82, 2.24) is 14.6 Å². The Bertz CT molecular complexity index is 1040.